The molecule has 6 heteroatoms. The predicted octanol–water partition coefficient (Wildman–Crippen LogP) is 0.914. The van der Waals surface area contributed by atoms with Crippen molar-refractivity contribution in [1.82, 2.24) is 14.9 Å². The summed E-state index contributed by atoms with van der Waals surface area (Å²) >= 11 is 1.57. The number of hydrogen-bond acceptors (Lipinski definition) is 5. The Morgan fingerprint density at radius 2 is 2.12 bits per heavy atom. The summed E-state index contributed by atoms with van der Waals surface area (Å²) in [5, 5.41) is 0. The lowest BCUT2D eigenvalue weighted by Gasteiger charge is -2.14. The predicted molar refractivity (Wildman–Crippen MR) is 68.4 cm³/mol. The highest BCUT2D eigenvalue weighted by atomic mass is 32.2. The van der Waals surface area contributed by atoms with Gasteiger partial charge in [-0.1, -0.05) is 0 Å². The van der Waals surface area contributed by atoms with Crippen LogP contribution in [0.1, 0.15) is 18.5 Å². The highest BCUT2D eigenvalue weighted by molar-refractivity contribution is 7.99. The topological polar surface area (TPSA) is 72.1 Å². The van der Waals surface area contributed by atoms with Gasteiger partial charge in [0.05, 0.1) is 23.8 Å². The van der Waals surface area contributed by atoms with Crippen molar-refractivity contribution < 1.29 is 4.79 Å². The summed E-state index contributed by atoms with van der Waals surface area (Å²) in [6, 6.07) is 0. The number of hydrogen-bond donors (Lipinski definition) is 1. The van der Waals surface area contributed by atoms with Gasteiger partial charge in [0.2, 0.25) is 5.91 Å². The Morgan fingerprint density at radius 1 is 1.35 bits per heavy atom. The summed E-state index contributed by atoms with van der Waals surface area (Å²) in [5.41, 5.74) is 6.30. The molecule has 1 aromatic rings. The first-order valence-corrected chi connectivity index (χ1v) is 6.83. The third-order valence-electron chi connectivity index (χ3n) is 2.66. The van der Waals surface area contributed by atoms with Crippen LogP contribution in [-0.4, -0.2) is 39.6 Å². The van der Waals surface area contributed by atoms with Gasteiger partial charge >= 0.3 is 0 Å². The molecule has 92 valence electrons. The van der Waals surface area contributed by atoms with Crippen LogP contribution in [-0.2, 0) is 10.5 Å². The molecule has 0 saturated carbocycles. The van der Waals surface area contributed by atoms with Gasteiger partial charge in [0.15, 0.2) is 0 Å². The number of likely N-dealkylation sites (tertiary alicyclic amines) is 1. The molecule has 17 heavy (non-hydrogen) atoms. The molecule has 0 unspecified atom stereocenters. The molecule has 0 bridgehead atoms. The average Bonchev–Trinajstić information content (AvgIpc) is 2.85. The lowest BCUT2D eigenvalue weighted by molar-refractivity contribution is -0.127. The highest BCUT2D eigenvalue weighted by Gasteiger charge is 2.17. The summed E-state index contributed by atoms with van der Waals surface area (Å²) in [6.45, 7) is 1.84. The van der Waals surface area contributed by atoms with E-state index in [1.54, 1.807) is 18.0 Å². The van der Waals surface area contributed by atoms with Crippen LogP contribution in [0.2, 0.25) is 0 Å². The van der Waals surface area contributed by atoms with E-state index < -0.39 is 0 Å². The molecule has 2 N–H and O–H groups in total. The van der Waals surface area contributed by atoms with Gasteiger partial charge in [-0.05, 0) is 12.8 Å². The van der Waals surface area contributed by atoms with E-state index in [4.69, 9.17) is 5.73 Å². The average molecular weight is 252 g/mol. The van der Waals surface area contributed by atoms with E-state index in [-0.39, 0.29) is 5.91 Å². The van der Waals surface area contributed by atoms with Crippen molar-refractivity contribution in [3.05, 3.63) is 18.1 Å². The molecule has 1 amide bonds. The van der Waals surface area contributed by atoms with Crippen LogP contribution >= 0.6 is 11.8 Å². The minimum absolute atomic E-state index is 0.232. The SMILES string of the molecule is Nc1cnc(CSCC(=O)N2CCCC2)cn1. The maximum atomic E-state index is 11.7. The first-order valence-electron chi connectivity index (χ1n) is 5.67. The number of carbonyl (C=O) groups excluding carboxylic acids is 1. The minimum atomic E-state index is 0.232. The molecule has 1 aromatic heterocycles. The minimum Gasteiger partial charge on any atom is -0.382 e. The number of carbonyl (C=O) groups is 1. The van der Waals surface area contributed by atoms with E-state index in [0.29, 0.717) is 17.3 Å². The van der Waals surface area contributed by atoms with Crippen LogP contribution in [0.15, 0.2) is 12.4 Å². The van der Waals surface area contributed by atoms with Gasteiger partial charge in [-0.2, -0.15) is 0 Å². The van der Waals surface area contributed by atoms with Crippen molar-refractivity contribution in [3.63, 3.8) is 0 Å². The highest BCUT2D eigenvalue weighted by Crippen LogP contribution is 2.13. The van der Waals surface area contributed by atoms with Crippen LogP contribution in [0.25, 0.3) is 0 Å². The molecule has 0 aliphatic carbocycles. The lowest BCUT2D eigenvalue weighted by Crippen LogP contribution is -2.29. The standard InChI is InChI=1S/C11H16N4OS/c12-10-6-13-9(5-14-10)7-17-8-11(16)15-3-1-2-4-15/h5-6H,1-4,7-8H2,(H2,12,14). The quantitative estimate of drug-likeness (QED) is 0.862. The number of rotatable bonds is 4. The van der Waals surface area contributed by atoms with Gasteiger partial charge < -0.3 is 10.6 Å². The molecular weight excluding hydrogens is 236 g/mol. The van der Waals surface area contributed by atoms with Gasteiger partial charge in [-0.3, -0.25) is 9.78 Å². The van der Waals surface area contributed by atoms with Crippen molar-refractivity contribution >= 4 is 23.5 Å². The summed E-state index contributed by atoms with van der Waals surface area (Å²) in [7, 11) is 0. The normalized spacial score (nSPS) is 15.2. The molecule has 1 saturated heterocycles. The summed E-state index contributed by atoms with van der Waals surface area (Å²) < 4.78 is 0. The van der Waals surface area contributed by atoms with Crippen molar-refractivity contribution in [2.45, 2.75) is 18.6 Å². The summed E-state index contributed by atoms with van der Waals surface area (Å²) in [6.07, 6.45) is 5.47. The van der Waals surface area contributed by atoms with E-state index in [1.165, 1.54) is 6.20 Å². The largest absolute Gasteiger partial charge is 0.382 e. The number of thioether (sulfide) groups is 1. The Bertz CT molecular complexity index is 376. The van der Waals surface area contributed by atoms with E-state index in [2.05, 4.69) is 9.97 Å². The van der Waals surface area contributed by atoms with Gasteiger partial charge in [-0.15, -0.1) is 11.8 Å². The summed E-state index contributed by atoms with van der Waals surface area (Å²) in [4.78, 5) is 21.8. The molecule has 0 aromatic carbocycles. The number of amides is 1. The monoisotopic (exact) mass is 252 g/mol. The smallest absolute Gasteiger partial charge is 0.232 e. The second kappa shape index (κ2) is 5.86. The number of nitrogens with two attached hydrogens (primary N) is 1. The molecule has 1 fully saturated rings. The molecule has 2 heterocycles. The zero-order chi connectivity index (χ0) is 12.1. The van der Waals surface area contributed by atoms with Gasteiger partial charge in [0, 0.05) is 18.8 Å². The third-order valence-corrected chi connectivity index (χ3v) is 3.61. The van der Waals surface area contributed by atoms with E-state index in [0.717, 1.165) is 31.6 Å². The molecule has 1 aliphatic rings. The Balaban J connectivity index is 1.72. The Labute approximate surface area is 105 Å². The summed E-state index contributed by atoms with van der Waals surface area (Å²) in [5.74, 6) is 1.88. The number of aromatic nitrogens is 2. The maximum absolute atomic E-state index is 11.7. The Kier molecular flexibility index (Phi) is 4.19. The van der Waals surface area contributed by atoms with Crippen molar-refractivity contribution in [2.75, 3.05) is 24.6 Å². The van der Waals surface area contributed by atoms with Crippen molar-refractivity contribution in [2.24, 2.45) is 0 Å². The molecule has 0 radical (unpaired) electrons. The molecule has 5 nitrogen and oxygen atoms in total. The number of anilines is 1. The third kappa shape index (κ3) is 3.59. The zero-order valence-corrected chi connectivity index (χ0v) is 10.4. The van der Waals surface area contributed by atoms with Crippen LogP contribution in [0.3, 0.4) is 0 Å². The van der Waals surface area contributed by atoms with Crippen LogP contribution < -0.4 is 5.73 Å². The Hall–Kier alpha value is -1.30. The maximum Gasteiger partial charge on any atom is 0.232 e. The Morgan fingerprint density at radius 3 is 2.76 bits per heavy atom. The fraction of sp³-hybridized carbons (Fsp3) is 0.545. The van der Waals surface area contributed by atoms with Crippen LogP contribution in [0.5, 0.6) is 0 Å². The molecule has 1 aliphatic heterocycles. The van der Waals surface area contributed by atoms with E-state index in [9.17, 15) is 4.79 Å². The lowest BCUT2D eigenvalue weighted by atomic mass is 10.4. The van der Waals surface area contributed by atoms with Gasteiger partial charge in [0.1, 0.15) is 5.82 Å². The fourth-order valence-corrected chi connectivity index (χ4v) is 2.56. The van der Waals surface area contributed by atoms with Crippen molar-refractivity contribution in [3.8, 4) is 0 Å². The van der Waals surface area contributed by atoms with Gasteiger partial charge in [0.25, 0.3) is 0 Å². The van der Waals surface area contributed by atoms with Crippen molar-refractivity contribution in [1.29, 1.82) is 0 Å². The second-order valence-electron chi connectivity index (χ2n) is 4.01. The van der Waals surface area contributed by atoms with E-state index in [1.807, 2.05) is 4.90 Å². The zero-order valence-electron chi connectivity index (χ0n) is 9.63. The van der Waals surface area contributed by atoms with E-state index >= 15 is 0 Å². The van der Waals surface area contributed by atoms with Gasteiger partial charge in [-0.25, -0.2) is 4.98 Å². The fourth-order valence-electron chi connectivity index (χ4n) is 1.74. The van der Waals surface area contributed by atoms with Crippen LogP contribution in [0, 0.1) is 0 Å². The number of nitrogen functional groups attached to an aromatic ring is 1. The molecular formula is C11H16N4OS. The molecule has 2 rings (SSSR count). The van der Waals surface area contributed by atoms with Crippen LogP contribution in [0.4, 0.5) is 5.82 Å². The number of nitrogens with zero attached hydrogens (tertiary/aromatic N) is 3. The molecule has 0 atom stereocenters. The molecule has 0 spiro atoms. The second-order valence-corrected chi connectivity index (χ2v) is 5.00. The first-order chi connectivity index (χ1) is 8.25. The first kappa shape index (κ1) is 12.2.